The highest BCUT2D eigenvalue weighted by atomic mass is 16.5. The van der Waals surface area contributed by atoms with Gasteiger partial charge in [-0.2, -0.15) is 0 Å². The second-order valence-electron chi connectivity index (χ2n) is 10.4. The van der Waals surface area contributed by atoms with Crippen LogP contribution < -0.4 is 0 Å². The second-order valence-corrected chi connectivity index (χ2v) is 10.4. The highest BCUT2D eigenvalue weighted by Crippen LogP contribution is 2.20. The van der Waals surface area contributed by atoms with Crippen LogP contribution in [0.5, 0.6) is 0 Å². The van der Waals surface area contributed by atoms with Crippen LogP contribution >= 0.6 is 0 Å². The zero-order chi connectivity index (χ0) is 22.1. The molecule has 30 heavy (non-hydrogen) atoms. The maximum Gasteiger partial charge on any atom is 0.0494 e. The van der Waals surface area contributed by atoms with Gasteiger partial charge in [-0.15, -0.1) is 0 Å². The maximum atomic E-state index is 6.07. The summed E-state index contributed by atoms with van der Waals surface area (Å²) < 4.78 is 6.07. The third-order valence-electron chi connectivity index (χ3n) is 6.62. The molecule has 0 aromatic heterocycles. The average molecular weight is 425 g/mol. The molecule has 1 heteroatoms. The minimum atomic E-state index is 0.762. The number of hydrogen-bond donors (Lipinski definition) is 0. The first-order valence-corrected chi connectivity index (χ1v) is 14.3. The molecule has 0 N–H and O–H groups in total. The molecule has 0 saturated carbocycles. The quantitative estimate of drug-likeness (QED) is 0.132. The van der Waals surface area contributed by atoms with E-state index in [4.69, 9.17) is 4.74 Å². The van der Waals surface area contributed by atoms with Crippen molar-refractivity contribution in [2.24, 2.45) is 11.8 Å². The van der Waals surface area contributed by atoms with Gasteiger partial charge in [-0.05, 0) is 31.1 Å². The molecular formula is C29H60O. The van der Waals surface area contributed by atoms with Crippen LogP contribution in [0, 0.1) is 11.8 Å². The van der Waals surface area contributed by atoms with Gasteiger partial charge in [0.15, 0.2) is 0 Å². The fraction of sp³-hybridized carbons (Fsp3) is 1.00. The highest BCUT2D eigenvalue weighted by Gasteiger charge is 2.09. The second kappa shape index (κ2) is 25.2. The Morgan fingerprint density at radius 1 is 0.467 bits per heavy atom. The van der Waals surface area contributed by atoms with Crippen LogP contribution in [0.2, 0.25) is 0 Å². The lowest BCUT2D eigenvalue weighted by molar-refractivity contribution is 0.0834. The van der Waals surface area contributed by atoms with E-state index in [1.54, 1.807) is 0 Å². The Morgan fingerprint density at radius 3 is 1.20 bits per heavy atom. The minimum Gasteiger partial charge on any atom is -0.381 e. The SMILES string of the molecule is CCCCCCCCCCCCC(CCCCCCCCCC)COCCC(C)C. The smallest absolute Gasteiger partial charge is 0.0494 e. The van der Waals surface area contributed by atoms with E-state index in [0.717, 1.165) is 25.0 Å². The standard InChI is InChI=1S/C29H60O/c1-5-7-9-11-13-15-16-18-20-22-24-29(27-30-26-25-28(3)4)23-21-19-17-14-12-10-8-6-2/h28-29H,5-27H2,1-4H3. The van der Waals surface area contributed by atoms with Crippen LogP contribution in [-0.2, 0) is 4.74 Å². The van der Waals surface area contributed by atoms with E-state index in [0.29, 0.717) is 0 Å². The van der Waals surface area contributed by atoms with E-state index < -0.39 is 0 Å². The summed E-state index contributed by atoms with van der Waals surface area (Å²) in [5.74, 6) is 1.57. The van der Waals surface area contributed by atoms with E-state index in [1.165, 1.54) is 135 Å². The summed E-state index contributed by atoms with van der Waals surface area (Å²) in [6, 6.07) is 0. The van der Waals surface area contributed by atoms with E-state index in [2.05, 4.69) is 27.7 Å². The maximum absolute atomic E-state index is 6.07. The summed E-state index contributed by atoms with van der Waals surface area (Å²) in [6.07, 6.45) is 29.8. The van der Waals surface area contributed by atoms with Crippen molar-refractivity contribution in [1.29, 1.82) is 0 Å². The molecule has 0 rings (SSSR count). The molecule has 0 aromatic rings. The Morgan fingerprint density at radius 2 is 0.833 bits per heavy atom. The Balaban J connectivity index is 3.77. The van der Waals surface area contributed by atoms with Crippen molar-refractivity contribution in [1.82, 2.24) is 0 Å². The molecule has 1 nitrogen and oxygen atoms in total. The van der Waals surface area contributed by atoms with Crippen molar-refractivity contribution >= 4 is 0 Å². The molecule has 1 atom stereocenters. The number of ether oxygens (including phenoxy) is 1. The van der Waals surface area contributed by atoms with Gasteiger partial charge in [0.2, 0.25) is 0 Å². The zero-order valence-corrected chi connectivity index (χ0v) is 21.8. The first kappa shape index (κ1) is 30.0. The van der Waals surface area contributed by atoms with Crippen molar-refractivity contribution in [3.63, 3.8) is 0 Å². The molecule has 0 heterocycles. The van der Waals surface area contributed by atoms with Crippen molar-refractivity contribution in [2.45, 2.75) is 163 Å². The largest absolute Gasteiger partial charge is 0.381 e. The Kier molecular flexibility index (Phi) is 25.2. The normalized spacial score (nSPS) is 12.7. The summed E-state index contributed by atoms with van der Waals surface area (Å²) in [5.41, 5.74) is 0. The fourth-order valence-corrected chi connectivity index (χ4v) is 4.37. The van der Waals surface area contributed by atoms with Crippen LogP contribution in [0.15, 0.2) is 0 Å². The van der Waals surface area contributed by atoms with Gasteiger partial charge in [0.1, 0.15) is 0 Å². The van der Waals surface area contributed by atoms with Gasteiger partial charge in [-0.3, -0.25) is 0 Å². The van der Waals surface area contributed by atoms with Crippen LogP contribution in [-0.4, -0.2) is 13.2 Å². The molecule has 0 aliphatic heterocycles. The third kappa shape index (κ3) is 24.2. The van der Waals surface area contributed by atoms with E-state index in [9.17, 15) is 0 Å². The zero-order valence-electron chi connectivity index (χ0n) is 21.8. The lowest BCUT2D eigenvalue weighted by Gasteiger charge is -2.18. The predicted molar refractivity (Wildman–Crippen MR) is 137 cm³/mol. The van der Waals surface area contributed by atoms with Crippen LogP contribution in [0.25, 0.3) is 0 Å². The number of hydrogen-bond acceptors (Lipinski definition) is 1. The van der Waals surface area contributed by atoms with Crippen molar-refractivity contribution in [2.75, 3.05) is 13.2 Å². The molecule has 0 aliphatic carbocycles. The molecule has 0 fully saturated rings. The first-order valence-electron chi connectivity index (χ1n) is 14.3. The van der Waals surface area contributed by atoms with Crippen molar-refractivity contribution in [3.05, 3.63) is 0 Å². The monoisotopic (exact) mass is 424 g/mol. The Hall–Kier alpha value is -0.0400. The third-order valence-corrected chi connectivity index (χ3v) is 6.62. The molecular weight excluding hydrogens is 364 g/mol. The molecule has 0 saturated heterocycles. The van der Waals surface area contributed by atoms with Gasteiger partial charge in [-0.1, -0.05) is 143 Å². The Labute approximate surface area is 192 Å². The number of rotatable bonds is 25. The minimum absolute atomic E-state index is 0.762. The molecule has 182 valence electrons. The predicted octanol–water partition coefficient (Wildman–Crippen LogP) is 10.5. The topological polar surface area (TPSA) is 9.23 Å². The Bertz CT molecular complexity index is 299. The van der Waals surface area contributed by atoms with Gasteiger partial charge in [0.25, 0.3) is 0 Å². The van der Waals surface area contributed by atoms with Gasteiger partial charge in [0, 0.05) is 13.2 Å². The van der Waals surface area contributed by atoms with Crippen LogP contribution in [0.3, 0.4) is 0 Å². The van der Waals surface area contributed by atoms with Gasteiger partial charge in [0.05, 0.1) is 0 Å². The summed E-state index contributed by atoms with van der Waals surface area (Å²) in [6.45, 7) is 11.2. The van der Waals surface area contributed by atoms with Gasteiger partial charge < -0.3 is 4.74 Å². The lowest BCUT2D eigenvalue weighted by atomic mass is 9.94. The summed E-state index contributed by atoms with van der Waals surface area (Å²) in [4.78, 5) is 0. The van der Waals surface area contributed by atoms with Gasteiger partial charge >= 0.3 is 0 Å². The van der Waals surface area contributed by atoms with E-state index in [-0.39, 0.29) is 0 Å². The van der Waals surface area contributed by atoms with Crippen LogP contribution in [0.4, 0.5) is 0 Å². The molecule has 0 spiro atoms. The van der Waals surface area contributed by atoms with E-state index >= 15 is 0 Å². The summed E-state index contributed by atoms with van der Waals surface area (Å²) in [7, 11) is 0. The van der Waals surface area contributed by atoms with E-state index in [1.807, 2.05) is 0 Å². The van der Waals surface area contributed by atoms with Crippen molar-refractivity contribution < 1.29 is 4.74 Å². The molecule has 1 unspecified atom stereocenters. The first-order chi connectivity index (χ1) is 14.7. The molecule has 0 bridgehead atoms. The molecule has 0 aromatic carbocycles. The average Bonchev–Trinajstić information content (AvgIpc) is 2.73. The van der Waals surface area contributed by atoms with Gasteiger partial charge in [-0.25, -0.2) is 0 Å². The summed E-state index contributed by atoms with van der Waals surface area (Å²) in [5, 5.41) is 0. The highest BCUT2D eigenvalue weighted by molar-refractivity contribution is 4.61. The van der Waals surface area contributed by atoms with Crippen LogP contribution in [0.1, 0.15) is 163 Å². The number of unbranched alkanes of at least 4 members (excludes halogenated alkanes) is 16. The van der Waals surface area contributed by atoms with Crippen molar-refractivity contribution in [3.8, 4) is 0 Å². The fourth-order valence-electron chi connectivity index (χ4n) is 4.37. The molecule has 0 aliphatic rings. The molecule has 0 radical (unpaired) electrons. The molecule has 0 amide bonds. The summed E-state index contributed by atoms with van der Waals surface area (Å²) >= 11 is 0. The lowest BCUT2D eigenvalue weighted by Crippen LogP contribution is -2.12.